The van der Waals surface area contributed by atoms with Crippen LogP contribution in [0, 0.1) is 0 Å². The Morgan fingerprint density at radius 2 is 1.30 bits per heavy atom. The summed E-state index contributed by atoms with van der Waals surface area (Å²) in [4.78, 5) is 37.7. The summed E-state index contributed by atoms with van der Waals surface area (Å²) < 4.78 is 16.2. The van der Waals surface area contributed by atoms with Gasteiger partial charge < -0.3 is 14.2 Å². The number of benzene rings is 4. The first kappa shape index (κ1) is 24.9. The molecule has 0 aliphatic heterocycles. The molecule has 4 rings (SSSR count). The van der Waals surface area contributed by atoms with Gasteiger partial charge >= 0.3 is 11.9 Å². The Morgan fingerprint density at radius 3 is 1.95 bits per heavy atom. The molecule has 1 N–H and O–H groups in total. The number of para-hydroxylation sites is 1. The van der Waals surface area contributed by atoms with Crippen LogP contribution in [-0.2, 0) is 0 Å². The molecule has 0 fully saturated rings. The first-order valence-electron chi connectivity index (χ1n) is 11.2. The fraction of sp³-hybridized carbons (Fsp3) is 0.0345. The molecule has 0 heterocycles. The first-order chi connectivity index (χ1) is 18.0. The number of ether oxygens (including phenoxy) is 3. The summed E-state index contributed by atoms with van der Waals surface area (Å²) in [5.41, 5.74) is 3.80. The highest BCUT2D eigenvalue weighted by molar-refractivity contribution is 5.98. The van der Waals surface area contributed by atoms with Crippen LogP contribution in [0.4, 0.5) is 0 Å². The molecule has 4 aromatic carbocycles. The van der Waals surface area contributed by atoms with Crippen LogP contribution < -0.4 is 19.6 Å². The van der Waals surface area contributed by atoms with Crippen LogP contribution in [0.25, 0.3) is 0 Å². The quantitative estimate of drug-likeness (QED) is 0.162. The Hall–Kier alpha value is -5.24. The van der Waals surface area contributed by atoms with Gasteiger partial charge in [-0.05, 0) is 48.5 Å². The normalized spacial score (nSPS) is 10.5. The maximum atomic E-state index is 12.7. The Morgan fingerprint density at radius 1 is 0.703 bits per heavy atom. The van der Waals surface area contributed by atoms with E-state index in [-0.39, 0.29) is 11.5 Å². The van der Waals surface area contributed by atoms with Crippen molar-refractivity contribution in [2.75, 3.05) is 7.11 Å². The van der Waals surface area contributed by atoms with Crippen molar-refractivity contribution < 1.29 is 28.6 Å². The molecule has 0 aliphatic rings. The summed E-state index contributed by atoms with van der Waals surface area (Å²) in [6, 6.07) is 28.1. The number of methoxy groups -OCH3 is 1. The second-order valence-corrected chi connectivity index (χ2v) is 7.61. The number of carbonyl (C=O) groups is 3. The SMILES string of the molecule is COc1ccccc1C(=O)NN=Cc1ccc(OC(=O)c2ccccc2)cc1OC(=O)c1ccccc1. The van der Waals surface area contributed by atoms with E-state index in [1.807, 2.05) is 0 Å². The van der Waals surface area contributed by atoms with Crippen molar-refractivity contribution in [3.8, 4) is 17.2 Å². The highest BCUT2D eigenvalue weighted by Gasteiger charge is 2.15. The highest BCUT2D eigenvalue weighted by atomic mass is 16.5. The van der Waals surface area contributed by atoms with Gasteiger partial charge in [0.2, 0.25) is 0 Å². The summed E-state index contributed by atoms with van der Waals surface area (Å²) in [5, 5.41) is 3.99. The minimum atomic E-state index is -0.611. The monoisotopic (exact) mass is 494 g/mol. The Balaban J connectivity index is 1.56. The van der Waals surface area contributed by atoms with Crippen LogP contribution in [0.15, 0.2) is 108 Å². The lowest BCUT2D eigenvalue weighted by molar-refractivity contribution is 0.0732. The Labute approximate surface area is 213 Å². The molecule has 4 aromatic rings. The van der Waals surface area contributed by atoms with Gasteiger partial charge in [-0.2, -0.15) is 5.10 Å². The number of hydrogen-bond acceptors (Lipinski definition) is 7. The number of amides is 1. The molecule has 0 saturated heterocycles. The maximum absolute atomic E-state index is 12.7. The molecule has 184 valence electrons. The molecule has 1 amide bonds. The number of hydrazone groups is 1. The molecule has 0 bridgehead atoms. The lowest BCUT2D eigenvalue weighted by Gasteiger charge is -2.11. The van der Waals surface area contributed by atoms with E-state index >= 15 is 0 Å². The van der Waals surface area contributed by atoms with E-state index in [2.05, 4.69) is 10.5 Å². The van der Waals surface area contributed by atoms with Crippen LogP contribution in [0.3, 0.4) is 0 Å². The van der Waals surface area contributed by atoms with Gasteiger partial charge in [-0.25, -0.2) is 15.0 Å². The van der Waals surface area contributed by atoms with Crippen molar-refractivity contribution >= 4 is 24.1 Å². The zero-order valence-corrected chi connectivity index (χ0v) is 19.8. The molecule has 0 radical (unpaired) electrons. The molecule has 37 heavy (non-hydrogen) atoms. The van der Waals surface area contributed by atoms with Gasteiger partial charge in [0.05, 0.1) is 30.0 Å². The summed E-state index contributed by atoms with van der Waals surface area (Å²) >= 11 is 0. The number of carbonyl (C=O) groups excluding carboxylic acids is 3. The van der Waals surface area contributed by atoms with Crippen LogP contribution in [0.5, 0.6) is 17.2 Å². The van der Waals surface area contributed by atoms with Gasteiger partial charge in [-0.1, -0.05) is 48.5 Å². The van der Waals surface area contributed by atoms with Crippen molar-refractivity contribution in [1.82, 2.24) is 5.43 Å². The van der Waals surface area contributed by atoms with Crippen LogP contribution in [-0.4, -0.2) is 31.2 Å². The average Bonchev–Trinajstić information content (AvgIpc) is 2.95. The fourth-order valence-electron chi connectivity index (χ4n) is 3.30. The summed E-state index contributed by atoms with van der Waals surface area (Å²) in [6.07, 6.45) is 1.32. The topological polar surface area (TPSA) is 103 Å². The lowest BCUT2D eigenvalue weighted by atomic mass is 10.2. The van der Waals surface area contributed by atoms with Gasteiger partial charge in [0, 0.05) is 11.6 Å². The van der Waals surface area contributed by atoms with Gasteiger partial charge in [-0.15, -0.1) is 0 Å². The van der Waals surface area contributed by atoms with Crippen molar-refractivity contribution in [1.29, 1.82) is 0 Å². The summed E-state index contributed by atoms with van der Waals surface area (Å²) in [7, 11) is 1.47. The molecule has 0 spiro atoms. The zero-order chi connectivity index (χ0) is 26.0. The van der Waals surface area contributed by atoms with Gasteiger partial charge in [-0.3, -0.25) is 4.79 Å². The molecule has 0 unspecified atom stereocenters. The largest absolute Gasteiger partial charge is 0.496 e. The smallest absolute Gasteiger partial charge is 0.343 e. The van der Waals surface area contributed by atoms with Gasteiger partial charge in [0.25, 0.3) is 5.91 Å². The predicted octanol–water partition coefficient (Wildman–Crippen LogP) is 4.90. The number of rotatable bonds is 8. The fourth-order valence-corrected chi connectivity index (χ4v) is 3.30. The highest BCUT2D eigenvalue weighted by Crippen LogP contribution is 2.26. The first-order valence-corrected chi connectivity index (χ1v) is 11.2. The number of esters is 2. The molecule has 0 atom stereocenters. The van der Waals surface area contributed by atoms with E-state index in [1.54, 1.807) is 91.0 Å². The Kier molecular flexibility index (Phi) is 8.03. The van der Waals surface area contributed by atoms with Crippen molar-refractivity contribution in [2.45, 2.75) is 0 Å². The third kappa shape index (κ3) is 6.46. The maximum Gasteiger partial charge on any atom is 0.343 e. The van der Waals surface area contributed by atoms with Gasteiger partial charge in [0.15, 0.2) is 0 Å². The lowest BCUT2D eigenvalue weighted by Crippen LogP contribution is -2.18. The minimum absolute atomic E-state index is 0.0857. The van der Waals surface area contributed by atoms with Crippen LogP contribution >= 0.6 is 0 Å². The van der Waals surface area contributed by atoms with E-state index in [4.69, 9.17) is 14.2 Å². The molecule has 8 heteroatoms. The number of hydrogen-bond donors (Lipinski definition) is 1. The molecular weight excluding hydrogens is 472 g/mol. The number of nitrogens with one attached hydrogen (secondary N) is 1. The third-order valence-electron chi connectivity index (χ3n) is 5.14. The molecule has 0 aromatic heterocycles. The number of nitrogens with zero attached hydrogens (tertiary/aromatic N) is 1. The third-order valence-corrected chi connectivity index (χ3v) is 5.14. The predicted molar refractivity (Wildman–Crippen MR) is 137 cm³/mol. The van der Waals surface area contributed by atoms with Crippen molar-refractivity contribution in [3.63, 3.8) is 0 Å². The second kappa shape index (κ2) is 11.9. The average molecular weight is 495 g/mol. The Bertz CT molecular complexity index is 1440. The van der Waals surface area contributed by atoms with E-state index < -0.39 is 17.8 Å². The van der Waals surface area contributed by atoms with Crippen molar-refractivity contribution in [3.05, 3.63) is 125 Å². The second-order valence-electron chi connectivity index (χ2n) is 7.61. The van der Waals surface area contributed by atoms with Crippen LogP contribution in [0.2, 0.25) is 0 Å². The molecule has 0 saturated carbocycles. The summed E-state index contributed by atoms with van der Waals surface area (Å²) in [6.45, 7) is 0. The van der Waals surface area contributed by atoms with Gasteiger partial charge in [0.1, 0.15) is 17.2 Å². The van der Waals surface area contributed by atoms with E-state index in [1.165, 1.54) is 25.5 Å². The summed E-state index contributed by atoms with van der Waals surface area (Å²) in [5.74, 6) is -1.00. The molecular formula is C29H22N2O6. The molecule has 0 aliphatic carbocycles. The van der Waals surface area contributed by atoms with E-state index in [0.29, 0.717) is 28.0 Å². The van der Waals surface area contributed by atoms with E-state index in [0.717, 1.165) is 0 Å². The zero-order valence-electron chi connectivity index (χ0n) is 19.8. The molecule has 8 nitrogen and oxygen atoms in total. The minimum Gasteiger partial charge on any atom is -0.496 e. The van der Waals surface area contributed by atoms with Crippen molar-refractivity contribution in [2.24, 2.45) is 5.10 Å². The standard InChI is InChI=1S/C29H22N2O6/c1-35-25-15-9-8-14-24(25)27(32)31-30-19-22-16-17-23(36-28(33)20-10-4-2-5-11-20)18-26(22)37-29(34)21-12-6-3-7-13-21/h2-19H,1H3,(H,31,32). The van der Waals surface area contributed by atoms with E-state index in [9.17, 15) is 14.4 Å². The van der Waals surface area contributed by atoms with Crippen LogP contribution in [0.1, 0.15) is 36.6 Å².